The summed E-state index contributed by atoms with van der Waals surface area (Å²) >= 11 is 1.56. The van der Waals surface area contributed by atoms with Gasteiger partial charge in [0.1, 0.15) is 5.01 Å². The second-order valence-electron chi connectivity index (χ2n) is 4.15. The summed E-state index contributed by atoms with van der Waals surface area (Å²) in [6.07, 6.45) is 2.48. The molecule has 0 saturated carbocycles. The van der Waals surface area contributed by atoms with Gasteiger partial charge in [-0.2, -0.15) is 0 Å². The second kappa shape index (κ2) is 5.41. The molecular weight excluding hydrogens is 222 g/mol. The van der Waals surface area contributed by atoms with Crippen molar-refractivity contribution in [3.63, 3.8) is 0 Å². The van der Waals surface area contributed by atoms with Gasteiger partial charge in [0.15, 0.2) is 0 Å². The van der Waals surface area contributed by atoms with Gasteiger partial charge in [0.25, 0.3) is 0 Å². The number of nitrogens with zero attached hydrogens (tertiary/aromatic N) is 1. The molecule has 0 unspecified atom stereocenters. The van der Waals surface area contributed by atoms with Crippen LogP contribution in [-0.2, 0) is 11.2 Å². The van der Waals surface area contributed by atoms with Crippen LogP contribution in [0.4, 0.5) is 0 Å². The lowest BCUT2D eigenvalue weighted by molar-refractivity contribution is -0.121. The summed E-state index contributed by atoms with van der Waals surface area (Å²) in [6.45, 7) is 3.95. The topological polar surface area (TPSA) is 54.0 Å². The van der Waals surface area contributed by atoms with Gasteiger partial charge in [0.2, 0.25) is 5.91 Å². The molecule has 1 aliphatic heterocycles. The molecule has 0 aromatic carbocycles. The molecule has 4 nitrogen and oxygen atoms in total. The first-order valence-corrected chi connectivity index (χ1v) is 6.53. The van der Waals surface area contributed by atoms with Crippen LogP contribution >= 0.6 is 11.3 Å². The highest BCUT2D eigenvalue weighted by atomic mass is 32.1. The number of rotatable bonds is 3. The first-order valence-electron chi connectivity index (χ1n) is 5.65. The average Bonchev–Trinajstić information content (AvgIpc) is 2.65. The Labute approximate surface area is 99.5 Å². The number of hydrogen-bond donors (Lipinski definition) is 2. The molecule has 0 spiro atoms. The zero-order chi connectivity index (χ0) is 11.4. The van der Waals surface area contributed by atoms with Crippen LogP contribution in [0.25, 0.3) is 0 Å². The van der Waals surface area contributed by atoms with E-state index >= 15 is 0 Å². The van der Waals surface area contributed by atoms with Gasteiger partial charge in [-0.3, -0.25) is 4.79 Å². The number of aromatic nitrogens is 1. The summed E-state index contributed by atoms with van der Waals surface area (Å²) in [5, 5.41) is 9.23. The molecule has 2 N–H and O–H groups in total. The number of piperidine rings is 1. The van der Waals surface area contributed by atoms with E-state index in [1.54, 1.807) is 11.3 Å². The quantitative estimate of drug-likeness (QED) is 0.822. The number of carbonyl (C=O) groups is 1. The molecule has 2 rings (SSSR count). The molecule has 0 radical (unpaired) electrons. The second-order valence-corrected chi connectivity index (χ2v) is 5.09. The first kappa shape index (κ1) is 11.5. The molecule has 16 heavy (non-hydrogen) atoms. The molecule has 1 aromatic heterocycles. The maximum atomic E-state index is 11.7. The van der Waals surface area contributed by atoms with Crippen LogP contribution in [0.5, 0.6) is 0 Å². The highest BCUT2D eigenvalue weighted by Gasteiger charge is 2.16. The van der Waals surface area contributed by atoms with Crippen LogP contribution in [0.15, 0.2) is 5.38 Å². The smallest absolute Gasteiger partial charge is 0.227 e. The Bertz CT molecular complexity index is 358. The maximum Gasteiger partial charge on any atom is 0.227 e. The van der Waals surface area contributed by atoms with Crippen molar-refractivity contribution >= 4 is 17.2 Å². The van der Waals surface area contributed by atoms with Crippen LogP contribution in [0.1, 0.15) is 23.5 Å². The van der Waals surface area contributed by atoms with Crippen molar-refractivity contribution in [1.82, 2.24) is 15.6 Å². The summed E-state index contributed by atoms with van der Waals surface area (Å²) in [5.41, 5.74) is 0.995. The molecule has 5 heteroatoms. The minimum atomic E-state index is 0.0984. The fourth-order valence-corrected chi connectivity index (χ4v) is 2.64. The standard InChI is InChI=1S/C11H17N3OS/c1-8-7-16-11(13-8)6-10(15)14-9-2-4-12-5-3-9/h7,9,12H,2-6H2,1H3,(H,14,15). The molecule has 1 aliphatic rings. The number of aryl methyl sites for hydroxylation is 1. The number of thiazole rings is 1. The van der Waals surface area contributed by atoms with Gasteiger partial charge in [-0.15, -0.1) is 11.3 Å². The molecular formula is C11H17N3OS. The van der Waals surface area contributed by atoms with Gasteiger partial charge in [-0.1, -0.05) is 0 Å². The van der Waals surface area contributed by atoms with Crippen LogP contribution in [0.3, 0.4) is 0 Å². The van der Waals surface area contributed by atoms with E-state index in [0.717, 1.165) is 36.6 Å². The summed E-state index contributed by atoms with van der Waals surface area (Å²) in [6, 6.07) is 0.342. The number of hydrogen-bond acceptors (Lipinski definition) is 4. The SMILES string of the molecule is Cc1csc(CC(=O)NC2CCNCC2)n1. The maximum absolute atomic E-state index is 11.7. The lowest BCUT2D eigenvalue weighted by Crippen LogP contribution is -2.43. The molecule has 1 aromatic rings. The molecule has 0 aliphatic carbocycles. The third-order valence-corrected chi connectivity index (χ3v) is 3.65. The minimum Gasteiger partial charge on any atom is -0.353 e. The molecule has 2 heterocycles. The lowest BCUT2D eigenvalue weighted by atomic mass is 10.1. The van der Waals surface area contributed by atoms with Crippen LogP contribution in [0, 0.1) is 6.92 Å². The number of amides is 1. The molecule has 1 amide bonds. The highest BCUT2D eigenvalue weighted by molar-refractivity contribution is 7.09. The van der Waals surface area contributed by atoms with Crippen LogP contribution < -0.4 is 10.6 Å². The fourth-order valence-electron chi connectivity index (χ4n) is 1.87. The molecule has 1 saturated heterocycles. The zero-order valence-corrected chi connectivity index (χ0v) is 10.3. The van der Waals surface area contributed by atoms with Crippen LogP contribution in [0.2, 0.25) is 0 Å². The summed E-state index contributed by atoms with van der Waals surface area (Å²) < 4.78 is 0. The average molecular weight is 239 g/mol. The van der Waals surface area contributed by atoms with E-state index in [-0.39, 0.29) is 5.91 Å². The van der Waals surface area contributed by atoms with Crippen molar-refractivity contribution in [2.75, 3.05) is 13.1 Å². The molecule has 1 fully saturated rings. The normalized spacial score (nSPS) is 17.3. The van der Waals surface area contributed by atoms with Crippen molar-refractivity contribution in [3.05, 3.63) is 16.1 Å². The van der Waals surface area contributed by atoms with E-state index in [2.05, 4.69) is 15.6 Å². The van der Waals surface area contributed by atoms with E-state index in [1.807, 2.05) is 12.3 Å². The minimum absolute atomic E-state index is 0.0984. The van der Waals surface area contributed by atoms with Gasteiger partial charge in [-0.05, 0) is 32.9 Å². The third-order valence-electron chi connectivity index (χ3n) is 2.68. The monoisotopic (exact) mass is 239 g/mol. The highest BCUT2D eigenvalue weighted by Crippen LogP contribution is 2.10. The van der Waals surface area contributed by atoms with E-state index in [1.165, 1.54) is 0 Å². The summed E-state index contributed by atoms with van der Waals surface area (Å²) in [4.78, 5) is 16.0. The first-order chi connectivity index (χ1) is 7.74. The Morgan fingerprint density at radius 3 is 3.00 bits per heavy atom. The number of carbonyl (C=O) groups excluding carboxylic acids is 1. The largest absolute Gasteiger partial charge is 0.353 e. The third kappa shape index (κ3) is 3.28. The predicted molar refractivity (Wildman–Crippen MR) is 64.6 cm³/mol. The van der Waals surface area contributed by atoms with E-state index in [4.69, 9.17) is 0 Å². The van der Waals surface area contributed by atoms with Crippen molar-refractivity contribution in [2.24, 2.45) is 0 Å². The Balaban J connectivity index is 1.79. The van der Waals surface area contributed by atoms with Crippen molar-refractivity contribution < 1.29 is 4.79 Å². The number of nitrogens with one attached hydrogen (secondary N) is 2. The van der Waals surface area contributed by atoms with Gasteiger partial charge in [-0.25, -0.2) is 4.98 Å². The van der Waals surface area contributed by atoms with Crippen LogP contribution in [-0.4, -0.2) is 30.0 Å². The zero-order valence-electron chi connectivity index (χ0n) is 9.45. The Hall–Kier alpha value is -0.940. The van der Waals surface area contributed by atoms with Crippen molar-refractivity contribution in [2.45, 2.75) is 32.2 Å². The summed E-state index contributed by atoms with van der Waals surface area (Å²) in [5.74, 6) is 0.0984. The van der Waals surface area contributed by atoms with Crippen molar-refractivity contribution in [1.29, 1.82) is 0 Å². The Kier molecular flexibility index (Phi) is 3.90. The van der Waals surface area contributed by atoms with E-state index in [9.17, 15) is 4.79 Å². The Morgan fingerprint density at radius 2 is 2.38 bits per heavy atom. The lowest BCUT2D eigenvalue weighted by Gasteiger charge is -2.23. The fraction of sp³-hybridized carbons (Fsp3) is 0.636. The van der Waals surface area contributed by atoms with E-state index < -0.39 is 0 Å². The van der Waals surface area contributed by atoms with Gasteiger partial charge >= 0.3 is 0 Å². The molecule has 0 atom stereocenters. The molecule has 88 valence electrons. The molecule has 0 bridgehead atoms. The van der Waals surface area contributed by atoms with Crippen molar-refractivity contribution in [3.8, 4) is 0 Å². The van der Waals surface area contributed by atoms with Gasteiger partial charge < -0.3 is 10.6 Å². The van der Waals surface area contributed by atoms with Gasteiger partial charge in [0.05, 0.1) is 6.42 Å². The van der Waals surface area contributed by atoms with Gasteiger partial charge in [0, 0.05) is 17.1 Å². The summed E-state index contributed by atoms with van der Waals surface area (Å²) in [7, 11) is 0. The van der Waals surface area contributed by atoms with E-state index in [0.29, 0.717) is 12.5 Å². The Morgan fingerprint density at radius 1 is 1.62 bits per heavy atom. The predicted octanol–water partition coefficient (Wildman–Crippen LogP) is 0.862.